The standard InChI is InChI=1S/C21H22N2O4/c1-15-13-18(7-8-20(15)26-14-21(24)25)16(2)22-27-12-11-23-10-9-17-5-3-4-6-19(17)23/h3-10,13H,11-12,14H2,1-2H3,(H,24,25)/b22-16+. The number of para-hydroxylation sites is 1. The van der Waals surface area contributed by atoms with Gasteiger partial charge >= 0.3 is 5.97 Å². The SMILES string of the molecule is C/C(=N\OCCn1ccc2ccccc21)c1ccc(OCC(=O)O)c(C)c1. The van der Waals surface area contributed by atoms with Crippen LogP contribution in [0.25, 0.3) is 10.9 Å². The predicted octanol–water partition coefficient (Wildman–Crippen LogP) is 3.85. The maximum absolute atomic E-state index is 10.6. The number of aromatic nitrogens is 1. The summed E-state index contributed by atoms with van der Waals surface area (Å²) in [5, 5.41) is 14.1. The molecule has 2 aromatic carbocycles. The van der Waals surface area contributed by atoms with E-state index < -0.39 is 5.97 Å². The van der Waals surface area contributed by atoms with Crippen LogP contribution in [0.15, 0.2) is 59.9 Å². The number of hydrogen-bond acceptors (Lipinski definition) is 4. The third-order valence-electron chi connectivity index (χ3n) is 4.25. The Labute approximate surface area is 157 Å². The van der Waals surface area contributed by atoms with Crippen LogP contribution in [-0.4, -0.2) is 34.6 Å². The molecule has 0 spiro atoms. The number of rotatable bonds is 8. The molecule has 0 saturated carbocycles. The molecule has 0 amide bonds. The van der Waals surface area contributed by atoms with Crippen molar-refractivity contribution in [1.82, 2.24) is 4.57 Å². The second-order valence-electron chi connectivity index (χ2n) is 6.24. The smallest absolute Gasteiger partial charge is 0.341 e. The summed E-state index contributed by atoms with van der Waals surface area (Å²) in [6, 6.07) is 15.8. The minimum atomic E-state index is -1.000. The molecule has 6 nitrogen and oxygen atoms in total. The average Bonchev–Trinajstić information content (AvgIpc) is 3.07. The van der Waals surface area contributed by atoms with Crippen LogP contribution in [0.1, 0.15) is 18.1 Å². The summed E-state index contributed by atoms with van der Waals surface area (Å²) >= 11 is 0. The maximum atomic E-state index is 10.6. The van der Waals surface area contributed by atoms with E-state index in [0.717, 1.165) is 16.8 Å². The lowest BCUT2D eigenvalue weighted by Gasteiger charge is -2.09. The molecule has 0 aliphatic heterocycles. The molecule has 6 heteroatoms. The van der Waals surface area contributed by atoms with Crippen molar-refractivity contribution < 1.29 is 19.5 Å². The van der Waals surface area contributed by atoms with E-state index in [1.54, 1.807) is 6.07 Å². The fraction of sp³-hybridized carbons (Fsp3) is 0.238. The summed E-state index contributed by atoms with van der Waals surface area (Å²) in [7, 11) is 0. The van der Waals surface area contributed by atoms with Crippen molar-refractivity contribution in [1.29, 1.82) is 0 Å². The van der Waals surface area contributed by atoms with Crippen molar-refractivity contribution in [2.75, 3.05) is 13.2 Å². The zero-order valence-corrected chi connectivity index (χ0v) is 15.4. The zero-order valence-electron chi connectivity index (χ0n) is 15.4. The van der Waals surface area contributed by atoms with E-state index in [-0.39, 0.29) is 6.61 Å². The Balaban J connectivity index is 1.57. The fourth-order valence-electron chi connectivity index (χ4n) is 2.85. The van der Waals surface area contributed by atoms with Gasteiger partial charge in [0.2, 0.25) is 0 Å². The summed E-state index contributed by atoms with van der Waals surface area (Å²) in [4.78, 5) is 16.1. The van der Waals surface area contributed by atoms with Gasteiger partial charge in [0, 0.05) is 11.7 Å². The van der Waals surface area contributed by atoms with Gasteiger partial charge in [0.05, 0.1) is 12.3 Å². The Morgan fingerprint density at radius 3 is 2.78 bits per heavy atom. The Morgan fingerprint density at radius 1 is 1.19 bits per heavy atom. The number of benzene rings is 2. The molecule has 1 N–H and O–H groups in total. The molecular formula is C21H22N2O4. The second kappa shape index (κ2) is 8.40. The van der Waals surface area contributed by atoms with E-state index in [1.807, 2.05) is 44.3 Å². The lowest BCUT2D eigenvalue weighted by atomic mass is 10.1. The number of aryl methyl sites for hydroxylation is 1. The zero-order chi connectivity index (χ0) is 19.2. The molecule has 0 fully saturated rings. The van der Waals surface area contributed by atoms with Gasteiger partial charge in [0.15, 0.2) is 6.61 Å². The number of fused-ring (bicyclic) bond motifs is 1. The number of hydrogen-bond donors (Lipinski definition) is 1. The molecule has 0 aliphatic carbocycles. The lowest BCUT2D eigenvalue weighted by Crippen LogP contribution is -2.10. The molecule has 3 rings (SSSR count). The monoisotopic (exact) mass is 366 g/mol. The van der Waals surface area contributed by atoms with Gasteiger partial charge in [-0.05, 0) is 60.7 Å². The Hall–Kier alpha value is -3.28. The largest absolute Gasteiger partial charge is 0.482 e. The van der Waals surface area contributed by atoms with Gasteiger partial charge in [-0.15, -0.1) is 0 Å². The van der Waals surface area contributed by atoms with Gasteiger partial charge < -0.3 is 19.2 Å². The summed E-state index contributed by atoms with van der Waals surface area (Å²) in [6.45, 7) is 4.56. The van der Waals surface area contributed by atoms with Gasteiger partial charge in [-0.25, -0.2) is 4.79 Å². The number of carboxylic acid groups (broad SMARTS) is 1. The molecule has 27 heavy (non-hydrogen) atoms. The highest BCUT2D eigenvalue weighted by Gasteiger charge is 2.06. The van der Waals surface area contributed by atoms with Crippen LogP contribution in [0.4, 0.5) is 0 Å². The van der Waals surface area contributed by atoms with Crippen LogP contribution in [0.2, 0.25) is 0 Å². The van der Waals surface area contributed by atoms with E-state index in [1.165, 1.54) is 10.9 Å². The van der Waals surface area contributed by atoms with Gasteiger partial charge in [-0.3, -0.25) is 0 Å². The first-order valence-electron chi connectivity index (χ1n) is 8.70. The third-order valence-corrected chi connectivity index (χ3v) is 4.25. The number of oxime groups is 1. The quantitative estimate of drug-likeness (QED) is 0.373. The molecular weight excluding hydrogens is 344 g/mol. The van der Waals surface area contributed by atoms with Gasteiger partial charge in [-0.1, -0.05) is 23.4 Å². The topological polar surface area (TPSA) is 73.0 Å². The van der Waals surface area contributed by atoms with Crippen molar-refractivity contribution in [3.8, 4) is 5.75 Å². The number of carbonyl (C=O) groups is 1. The summed E-state index contributed by atoms with van der Waals surface area (Å²) in [5.74, 6) is -0.450. The molecule has 0 atom stereocenters. The minimum Gasteiger partial charge on any atom is -0.482 e. The fourth-order valence-corrected chi connectivity index (χ4v) is 2.85. The molecule has 1 heterocycles. The van der Waals surface area contributed by atoms with E-state index >= 15 is 0 Å². The molecule has 0 unspecified atom stereocenters. The van der Waals surface area contributed by atoms with Gasteiger partial charge in [-0.2, -0.15) is 0 Å². The third kappa shape index (κ3) is 4.67. The van der Waals surface area contributed by atoms with E-state index in [0.29, 0.717) is 18.9 Å². The summed E-state index contributed by atoms with van der Waals surface area (Å²) in [6.07, 6.45) is 2.05. The van der Waals surface area contributed by atoms with Crippen molar-refractivity contribution >= 4 is 22.6 Å². The minimum absolute atomic E-state index is 0.357. The average molecular weight is 366 g/mol. The van der Waals surface area contributed by atoms with E-state index in [9.17, 15) is 4.79 Å². The number of nitrogens with zero attached hydrogens (tertiary/aromatic N) is 2. The van der Waals surface area contributed by atoms with Crippen LogP contribution in [0, 0.1) is 6.92 Å². The van der Waals surface area contributed by atoms with E-state index in [4.69, 9.17) is 14.7 Å². The Bertz CT molecular complexity index is 975. The molecule has 140 valence electrons. The molecule has 0 aliphatic rings. The van der Waals surface area contributed by atoms with Crippen LogP contribution < -0.4 is 4.74 Å². The summed E-state index contributed by atoms with van der Waals surface area (Å²) in [5.41, 5.74) is 3.68. The number of carboxylic acids is 1. The first-order chi connectivity index (χ1) is 13.0. The molecule has 0 saturated heterocycles. The molecule has 0 bridgehead atoms. The van der Waals surface area contributed by atoms with Gasteiger partial charge in [0.25, 0.3) is 0 Å². The Kier molecular flexibility index (Phi) is 5.76. The van der Waals surface area contributed by atoms with Crippen molar-refractivity contribution in [3.05, 3.63) is 65.9 Å². The first kappa shape index (κ1) is 18.5. The highest BCUT2D eigenvalue weighted by molar-refractivity contribution is 5.98. The van der Waals surface area contributed by atoms with Crippen LogP contribution in [-0.2, 0) is 16.2 Å². The number of ether oxygens (including phenoxy) is 1. The lowest BCUT2D eigenvalue weighted by molar-refractivity contribution is -0.139. The van der Waals surface area contributed by atoms with Gasteiger partial charge in [0.1, 0.15) is 12.4 Å². The van der Waals surface area contributed by atoms with Crippen LogP contribution in [0.5, 0.6) is 5.75 Å². The van der Waals surface area contributed by atoms with E-state index in [2.05, 4.69) is 27.9 Å². The Morgan fingerprint density at radius 2 is 2.00 bits per heavy atom. The predicted molar refractivity (Wildman–Crippen MR) is 104 cm³/mol. The van der Waals surface area contributed by atoms with Crippen LogP contribution in [0.3, 0.4) is 0 Å². The van der Waals surface area contributed by atoms with Crippen LogP contribution >= 0.6 is 0 Å². The van der Waals surface area contributed by atoms with Crippen molar-refractivity contribution in [3.63, 3.8) is 0 Å². The molecule has 1 aromatic heterocycles. The molecule has 0 radical (unpaired) electrons. The van der Waals surface area contributed by atoms with Crippen molar-refractivity contribution in [2.45, 2.75) is 20.4 Å². The van der Waals surface area contributed by atoms with Crippen molar-refractivity contribution in [2.24, 2.45) is 5.16 Å². The summed E-state index contributed by atoms with van der Waals surface area (Å²) < 4.78 is 7.37. The highest BCUT2D eigenvalue weighted by Crippen LogP contribution is 2.20. The normalized spacial score (nSPS) is 11.6. The molecule has 3 aromatic rings. The second-order valence-corrected chi connectivity index (χ2v) is 6.24. The first-order valence-corrected chi connectivity index (χ1v) is 8.70. The maximum Gasteiger partial charge on any atom is 0.341 e. The number of aliphatic carboxylic acids is 1. The highest BCUT2D eigenvalue weighted by atomic mass is 16.6.